The van der Waals surface area contributed by atoms with Crippen LogP contribution in [0.25, 0.3) is 0 Å². The van der Waals surface area contributed by atoms with Crippen molar-refractivity contribution in [2.45, 2.75) is 25.4 Å². The lowest BCUT2D eigenvalue weighted by Gasteiger charge is -2.29. The molecule has 0 bridgehead atoms. The van der Waals surface area contributed by atoms with Crippen molar-refractivity contribution in [3.8, 4) is 0 Å². The number of benzene rings is 1. The first-order chi connectivity index (χ1) is 10.1. The Bertz CT molecular complexity index is 597. The van der Waals surface area contributed by atoms with Crippen LogP contribution in [0.2, 0.25) is 5.02 Å². The fourth-order valence-corrected chi connectivity index (χ4v) is 3.11. The zero-order valence-electron chi connectivity index (χ0n) is 11.8. The molecule has 1 unspecified atom stereocenters. The highest BCUT2D eigenvalue weighted by atomic mass is 35.5. The molecule has 1 fully saturated rings. The molecule has 2 aliphatic rings. The van der Waals surface area contributed by atoms with E-state index < -0.39 is 11.7 Å². The van der Waals surface area contributed by atoms with Crippen molar-refractivity contribution >= 4 is 34.7 Å². The highest BCUT2D eigenvalue weighted by molar-refractivity contribution is 6.52. The first-order valence-electron chi connectivity index (χ1n) is 7.08. The smallest absolute Gasteiger partial charge is 0.296 e. The van der Waals surface area contributed by atoms with Gasteiger partial charge in [-0.15, -0.1) is 0 Å². The number of carbonyl (C=O) groups is 2. The minimum Gasteiger partial charge on any atom is -0.376 e. The van der Waals surface area contributed by atoms with E-state index >= 15 is 0 Å². The fraction of sp³-hybridized carbons (Fsp3) is 0.467. The highest BCUT2D eigenvalue weighted by Crippen LogP contribution is 2.35. The Kier molecular flexibility index (Phi) is 3.87. The van der Waals surface area contributed by atoms with E-state index in [-0.39, 0.29) is 6.10 Å². The number of carbonyl (C=O) groups excluding carboxylic acids is 2. The first kappa shape index (κ1) is 14.4. The van der Waals surface area contributed by atoms with E-state index in [4.69, 9.17) is 16.3 Å². The average Bonchev–Trinajstić information content (AvgIpc) is 2.74. The van der Waals surface area contributed by atoms with Gasteiger partial charge in [0, 0.05) is 20.2 Å². The molecular weight excluding hydrogens is 292 g/mol. The molecule has 1 amide bonds. The third kappa shape index (κ3) is 2.76. The quantitative estimate of drug-likeness (QED) is 0.872. The molecule has 112 valence electrons. The Morgan fingerprint density at radius 2 is 2.19 bits per heavy atom. The molecule has 0 aromatic heterocycles. The van der Waals surface area contributed by atoms with Gasteiger partial charge in [-0.05, 0) is 31.4 Å². The van der Waals surface area contributed by atoms with Gasteiger partial charge in [0.1, 0.15) is 0 Å². The first-order valence-corrected chi connectivity index (χ1v) is 7.46. The van der Waals surface area contributed by atoms with Gasteiger partial charge in [0.25, 0.3) is 11.7 Å². The van der Waals surface area contributed by atoms with Crippen LogP contribution < -0.4 is 10.2 Å². The van der Waals surface area contributed by atoms with Gasteiger partial charge in [-0.3, -0.25) is 9.59 Å². The molecule has 1 aromatic carbocycles. The van der Waals surface area contributed by atoms with Crippen molar-refractivity contribution in [1.29, 1.82) is 0 Å². The van der Waals surface area contributed by atoms with Crippen LogP contribution in [0.1, 0.15) is 29.6 Å². The van der Waals surface area contributed by atoms with Gasteiger partial charge in [-0.25, -0.2) is 0 Å². The van der Waals surface area contributed by atoms with Gasteiger partial charge in [0.05, 0.1) is 28.1 Å². The standard InChI is InChI=1S/C15H17ClN2O3/c1-18(8-9-4-2-3-5-21-9)13-7-12-10(6-11(13)16)14(19)15(20)17-12/h6-7,9H,2-5,8H2,1H3,(H,17,19,20). The number of likely N-dealkylation sites (N-methyl/N-ethyl adjacent to an activating group) is 1. The number of hydrogen-bond acceptors (Lipinski definition) is 4. The number of anilines is 2. The molecule has 0 spiro atoms. The van der Waals surface area contributed by atoms with Gasteiger partial charge < -0.3 is 15.0 Å². The summed E-state index contributed by atoms with van der Waals surface area (Å²) in [6.07, 6.45) is 3.54. The summed E-state index contributed by atoms with van der Waals surface area (Å²) in [5, 5.41) is 3.04. The number of halogens is 1. The van der Waals surface area contributed by atoms with Gasteiger partial charge in [-0.2, -0.15) is 0 Å². The number of rotatable bonds is 3. The van der Waals surface area contributed by atoms with Crippen molar-refractivity contribution in [3.05, 3.63) is 22.7 Å². The van der Waals surface area contributed by atoms with E-state index in [0.29, 0.717) is 16.3 Å². The number of hydrogen-bond donors (Lipinski definition) is 1. The van der Waals surface area contributed by atoms with E-state index in [1.165, 1.54) is 6.42 Å². The molecule has 1 N–H and O–H groups in total. The maximum Gasteiger partial charge on any atom is 0.296 e. The second kappa shape index (κ2) is 5.66. The van der Waals surface area contributed by atoms with Gasteiger partial charge in [-0.1, -0.05) is 11.6 Å². The van der Waals surface area contributed by atoms with Crippen molar-refractivity contribution in [2.24, 2.45) is 0 Å². The predicted octanol–water partition coefficient (Wildman–Crippen LogP) is 2.48. The summed E-state index contributed by atoms with van der Waals surface area (Å²) in [7, 11) is 1.93. The molecular formula is C15H17ClN2O3. The maximum atomic E-state index is 11.6. The molecule has 2 aliphatic heterocycles. The van der Waals surface area contributed by atoms with Crippen molar-refractivity contribution in [3.63, 3.8) is 0 Å². The van der Waals surface area contributed by atoms with Crippen molar-refractivity contribution in [1.82, 2.24) is 0 Å². The minimum atomic E-state index is -0.600. The minimum absolute atomic E-state index is 0.198. The Morgan fingerprint density at radius 3 is 2.90 bits per heavy atom. The second-order valence-corrected chi connectivity index (χ2v) is 5.91. The molecule has 0 saturated carbocycles. The summed E-state index contributed by atoms with van der Waals surface area (Å²) in [4.78, 5) is 25.1. The summed E-state index contributed by atoms with van der Waals surface area (Å²) < 4.78 is 5.73. The lowest BCUT2D eigenvalue weighted by atomic mass is 10.1. The Labute approximate surface area is 128 Å². The Hall–Kier alpha value is -1.59. The van der Waals surface area contributed by atoms with E-state index in [1.54, 1.807) is 12.1 Å². The monoisotopic (exact) mass is 308 g/mol. The van der Waals surface area contributed by atoms with Gasteiger partial charge in [0.2, 0.25) is 0 Å². The molecule has 21 heavy (non-hydrogen) atoms. The van der Waals surface area contributed by atoms with E-state index in [0.717, 1.165) is 31.7 Å². The number of fused-ring (bicyclic) bond motifs is 1. The summed E-state index contributed by atoms with van der Waals surface area (Å²) in [5.41, 5.74) is 1.66. The number of nitrogens with one attached hydrogen (secondary N) is 1. The molecule has 1 atom stereocenters. The SMILES string of the molecule is CN(CC1CCCCO1)c1cc2c(cc1Cl)C(=O)C(=O)N2. The fourth-order valence-electron chi connectivity index (χ4n) is 2.80. The van der Waals surface area contributed by atoms with Crippen LogP contribution >= 0.6 is 11.6 Å². The summed E-state index contributed by atoms with van der Waals surface area (Å²) in [5.74, 6) is -1.13. The normalized spacial score (nSPS) is 21.1. The lowest BCUT2D eigenvalue weighted by molar-refractivity contribution is -0.112. The van der Waals surface area contributed by atoms with E-state index in [1.807, 2.05) is 11.9 Å². The topological polar surface area (TPSA) is 58.6 Å². The highest BCUT2D eigenvalue weighted by Gasteiger charge is 2.29. The number of Topliss-reactive ketones (excluding diaryl/α,β-unsaturated/α-hetero) is 1. The number of ether oxygens (including phenoxy) is 1. The molecule has 3 rings (SSSR count). The van der Waals surface area contributed by atoms with Crippen LogP contribution in [-0.4, -0.2) is 38.0 Å². The average molecular weight is 309 g/mol. The van der Waals surface area contributed by atoms with E-state index in [9.17, 15) is 9.59 Å². The van der Waals surface area contributed by atoms with Crippen LogP contribution in [0.3, 0.4) is 0 Å². The third-order valence-corrected chi connectivity index (χ3v) is 4.25. The van der Waals surface area contributed by atoms with Crippen molar-refractivity contribution < 1.29 is 14.3 Å². The second-order valence-electron chi connectivity index (χ2n) is 5.50. The zero-order chi connectivity index (χ0) is 15.0. The van der Waals surface area contributed by atoms with Crippen LogP contribution in [0, 0.1) is 0 Å². The van der Waals surface area contributed by atoms with Crippen LogP contribution in [-0.2, 0) is 9.53 Å². The van der Waals surface area contributed by atoms with Gasteiger partial charge in [0.15, 0.2) is 0 Å². The molecule has 0 radical (unpaired) electrons. The third-order valence-electron chi connectivity index (χ3n) is 3.95. The number of ketones is 1. The summed E-state index contributed by atoms with van der Waals surface area (Å²) in [6.45, 7) is 1.54. The molecule has 2 heterocycles. The number of nitrogens with zero attached hydrogens (tertiary/aromatic N) is 1. The summed E-state index contributed by atoms with van der Waals surface area (Å²) in [6, 6.07) is 3.31. The maximum absolute atomic E-state index is 11.6. The summed E-state index contributed by atoms with van der Waals surface area (Å²) >= 11 is 6.26. The predicted molar refractivity (Wildman–Crippen MR) is 81.3 cm³/mol. The molecule has 6 heteroatoms. The zero-order valence-corrected chi connectivity index (χ0v) is 12.6. The largest absolute Gasteiger partial charge is 0.376 e. The number of amides is 1. The van der Waals surface area contributed by atoms with E-state index in [2.05, 4.69) is 5.32 Å². The van der Waals surface area contributed by atoms with Crippen LogP contribution in [0.4, 0.5) is 11.4 Å². The van der Waals surface area contributed by atoms with Crippen LogP contribution in [0.15, 0.2) is 12.1 Å². The Morgan fingerprint density at radius 1 is 1.38 bits per heavy atom. The molecule has 1 saturated heterocycles. The van der Waals surface area contributed by atoms with Crippen LogP contribution in [0.5, 0.6) is 0 Å². The Balaban J connectivity index is 1.80. The van der Waals surface area contributed by atoms with Crippen molar-refractivity contribution in [2.75, 3.05) is 30.4 Å². The lowest BCUT2D eigenvalue weighted by Crippen LogP contribution is -2.33. The molecule has 1 aromatic rings. The molecule has 5 nitrogen and oxygen atoms in total. The van der Waals surface area contributed by atoms with Gasteiger partial charge >= 0.3 is 0 Å². The molecule has 0 aliphatic carbocycles.